The molecule has 198 valence electrons. The molecule has 1 aliphatic heterocycles. The van der Waals surface area contributed by atoms with Crippen LogP contribution in [0.25, 0.3) is 0 Å². The summed E-state index contributed by atoms with van der Waals surface area (Å²) in [5, 5.41) is 3.96. The summed E-state index contributed by atoms with van der Waals surface area (Å²) in [7, 11) is -3.76. The molecule has 1 fully saturated rings. The Labute approximate surface area is 222 Å². The van der Waals surface area contributed by atoms with Crippen LogP contribution in [0.1, 0.15) is 71.4 Å². The van der Waals surface area contributed by atoms with Crippen molar-refractivity contribution in [1.29, 1.82) is 0 Å². The number of aromatic nitrogens is 2. The van der Waals surface area contributed by atoms with Gasteiger partial charge in [-0.25, -0.2) is 23.2 Å². The molecule has 1 N–H and O–H groups in total. The van der Waals surface area contributed by atoms with Crippen LogP contribution >= 0.6 is 22.9 Å². The monoisotopic (exact) mass is 554 g/mol. The predicted octanol–water partition coefficient (Wildman–Crippen LogP) is 6.01. The number of hydrogen-bond donors (Lipinski definition) is 1. The van der Waals surface area contributed by atoms with E-state index in [4.69, 9.17) is 21.3 Å². The van der Waals surface area contributed by atoms with Gasteiger partial charge in [0.05, 0.1) is 15.3 Å². The zero-order chi connectivity index (χ0) is 26.5. The third-order valence-corrected chi connectivity index (χ3v) is 10.7. The van der Waals surface area contributed by atoms with Gasteiger partial charge >= 0.3 is 6.09 Å². The maximum atomic E-state index is 13.7. The average Bonchev–Trinajstić information content (AvgIpc) is 3.12. The summed E-state index contributed by atoms with van der Waals surface area (Å²) < 4.78 is 31.9. The number of pyridine rings is 1. The maximum absolute atomic E-state index is 13.7. The van der Waals surface area contributed by atoms with Crippen LogP contribution in [0, 0.1) is 5.41 Å². The van der Waals surface area contributed by atoms with Crippen molar-refractivity contribution >= 4 is 49.8 Å². The van der Waals surface area contributed by atoms with Gasteiger partial charge in [0.1, 0.15) is 16.6 Å². The summed E-state index contributed by atoms with van der Waals surface area (Å²) in [6.45, 7) is 12.3. The van der Waals surface area contributed by atoms with Crippen molar-refractivity contribution in [2.45, 2.75) is 88.9 Å². The number of anilines is 2. The molecule has 0 spiro atoms. The first-order chi connectivity index (χ1) is 16.6. The number of rotatable bonds is 4. The molecule has 0 atom stereocenters. The Morgan fingerprint density at radius 2 is 1.81 bits per heavy atom. The standard InChI is InChI=1S/C25H35ClN4O4S2/c1-23(2,3)34-22(31)30-11-9-25(6,10-12-30)36(32,33)16-13-19(26)28-20(14-16)29-21-27-17-7-8-24(4,5)15-18(17)35-21/h13-14H,7-12,15H2,1-6H3,(H,27,28,29). The summed E-state index contributed by atoms with van der Waals surface area (Å²) in [5.74, 6) is 0.348. The molecule has 0 aromatic carbocycles. The molecule has 0 saturated carbocycles. The molecule has 4 rings (SSSR count). The second kappa shape index (κ2) is 9.44. The van der Waals surface area contributed by atoms with Gasteiger partial charge in [0.25, 0.3) is 0 Å². The van der Waals surface area contributed by atoms with E-state index in [0.29, 0.717) is 36.9 Å². The van der Waals surface area contributed by atoms with Gasteiger partial charge in [0, 0.05) is 18.0 Å². The summed E-state index contributed by atoms with van der Waals surface area (Å²) in [6.07, 6.45) is 3.17. The van der Waals surface area contributed by atoms with E-state index in [1.165, 1.54) is 17.0 Å². The summed E-state index contributed by atoms with van der Waals surface area (Å²) in [5.41, 5.74) is 0.746. The Kier molecular flexibility index (Phi) is 7.11. The summed E-state index contributed by atoms with van der Waals surface area (Å²) >= 11 is 7.85. The van der Waals surface area contributed by atoms with Crippen molar-refractivity contribution in [2.75, 3.05) is 18.4 Å². The number of aryl methyl sites for hydroxylation is 1. The van der Waals surface area contributed by atoms with E-state index in [0.717, 1.165) is 25.0 Å². The Morgan fingerprint density at radius 1 is 1.14 bits per heavy atom. The number of nitrogens with zero attached hydrogens (tertiary/aromatic N) is 3. The van der Waals surface area contributed by atoms with Gasteiger partial charge in [0.15, 0.2) is 15.0 Å². The van der Waals surface area contributed by atoms with Gasteiger partial charge in [-0.3, -0.25) is 0 Å². The van der Waals surface area contributed by atoms with Crippen molar-refractivity contribution in [3.05, 3.63) is 27.9 Å². The minimum absolute atomic E-state index is 0.0934. The van der Waals surface area contributed by atoms with Crippen LogP contribution in [-0.2, 0) is 27.4 Å². The van der Waals surface area contributed by atoms with Crippen molar-refractivity contribution in [1.82, 2.24) is 14.9 Å². The van der Waals surface area contributed by atoms with Crippen LogP contribution in [0.5, 0.6) is 0 Å². The van der Waals surface area contributed by atoms with Crippen molar-refractivity contribution in [2.24, 2.45) is 5.41 Å². The number of carbonyl (C=O) groups is 1. The minimum atomic E-state index is -3.76. The lowest BCUT2D eigenvalue weighted by atomic mass is 9.79. The first-order valence-corrected chi connectivity index (χ1v) is 14.9. The molecule has 2 aromatic heterocycles. The fourth-order valence-electron chi connectivity index (χ4n) is 4.59. The van der Waals surface area contributed by atoms with Crippen molar-refractivity contribution < 1.29 is 17.9 Å². The highest BCUT2D eigenvalue weighted by molar-refractivity contribution is 7.92. The number of likely N-dealkylation sites (tertiary alicyclic amines) is 1. The number of ether oxygens (including phenoxy) is 1. The second-order valence-electron chi connectivity index (χ2n) is 11.8. The molecule has 0 radical (unpaired) electrons. The van der Waals surface area contributed by atoms with Gasteiger partial charge in [0.2, 0.25) is 0 Å². The summed E-state index contributed by atoms with van der Waals surface area (Å²) in [4.78, 5) is 24.4. The highest BCUT2D eigenvalue weighted by Crippen LogP contribution is 2.40. The lowest BCUT2D eigenvalue weighted by Gasteiger charge is -2.39. The molecular formula is C25H35ClN4O4S2. The molecule has 1 amide bonds. The molecule has 8 nitrogen and oxygen atoms in total. The zero-order valence-electron chi connectivity index (χ0n) is 21.8. The van der Waals surface area contributed by atoms with Gasteiger partial charge in [-0.1, -0.05) is 25.4 Å². The first kappa shape index (κ1) is 27.1. The van der Waals surface area contributed by atoms with Crippen molar-refractivity contribution in [3.63, 3.8) is 0 Å². The third-order valence-electron chi connectivity index (χ3n) is 6.89. The van der Waals surface area contributed by atoms with E-state index >= 15 is 0 Å². The van der Waals surface area contributed by atoms with Crippen LogP contribution in [0.2, 0.25) is 5.15 Å². The van der Waals surface area contributed by atoms with Gasteiger partial charge < -0.3 is 15.0 Å². The lowest BCUT2D eigenvalue weighted by molar-refractivity contribution is 0.0198. The van der Waals surface area contributed by atoms with Crippen LogP contribution < -0.4 is 5.32 Å². The van der Waals surface area contributed by atoms with Crippen LogP contribution in [-0.4, -0.2) is 52.8 Å². The van der Waals surface area contributed by atoms with E-state index in [9.17, 15) is 13.2 Å². The smallest absolute Gasteiger partial charge is 0.410 e. The molecule has 1 saturated heterocycles. The minimum Gasteiger partial charge on any atom is -0.444 e. The van der Waals surface area contributed by atoms with E-state index in [1.54, 1.807) is 23.2 Å². The molecule has 2 aromatic rings. The van der Waals surface area contributed by atoms with E-state index in [-0.39, 0.29) is 15.5 Å². The molecule has 2 aliphatic rings. The van der Waals surface area contributed by atoms with Gasteiger partial charge in [-0.05, 0) is 77.3 Å². The zero-order valence-corrected chi connectivity index (χ0v) is 24.2. The highest BCUT2D eigenvalue weighted by Gasteiger charge is 2.44. The Morgan fingerprint density at radius 3 is 2.44 bits per heavy atom. The van der Waals surface area contributed by atoms with Gasteiger partial charge in [-0.15, -0.1) is 11.3 Å². The summed E-state index contributed by atoms with van der Waals surface area (Å²) in [6, 6.07) is 2.92. The second-order valence-corrected chi connectivity index (χ2v) is 15.7. The number of sulfone groups is 1. The first-order valence-electron chi connectivity index (χ1n) is 12.2. The fourth-order valence-corrected chi connectivity index (χ4v) is 7.96. The normalized spacial score (nSPS) is 19.5. The molecule has 3 heterocycles. The van der Waals surface area contributed by atoms with Crippen LogP contribution in [0.15, 0.2) is 17.0 Å². The van der Waals surface area contributed by atoms with E-state index < -0.39 is 26.3 Å². The molecule has 36 heavy (non-hydrogen) atoms. The quantitative estimate of drug-likeness (QED) is 0.461. The number of carbonyl (C=O) groups excluding carboxylic acids is 1. The third kappa shape index (κ3) is 5.81. The number of fused-ring (bicyclic) bond motifs is 1. The SMILES string of the molecule is CC1(C)CCc2nc(Nc3cc(S(=O)(=O)C4(C)CCN(C(=O)OC(C)(C)C)CC4)cc(Cl)n3)sc2C1. The number of thiazole rings is 1. The number of hydrogen-bond acceptors (Lipinski definition) is 8. The van der Waals surface area contributed by atoms with Gasteiger partial charge in [-0.2, -0.15) is 0 Å². The van der Waals surface area contributed by atoms with E-state index in [1.807, 2.05) is 20.8 Å². The predicted molar refractivity (Wildman–Crippen MR) is 143 cm³/mol. The number of amides is 1. The molecule has 0 unspecified atom stereocenters. The number of nitrogens with one attached hydrogen (secondary N) is 1. The Bertz CT molecular complexity index is 1260. The lowest BCUT2D eigenvalue weighted by Crippen LogP contribution is -2.50. The average molecular weight is 555 g/mol. The van der Waals surface area contributed by atoms with Crippen LogP contribution in [0.3, 0.4) is 0 Å². The molecule has 1 aliphatic carbocycles. The van der Waals surface area contributed by atoms with Crippen LogP contribution in [0.4, 0.5) is 15.7 Å². The Hall–Kier alpha value is -1.91. The topological polar surface area (TPSA) is 101 Å². The molecular weight excluding hydrogens is 520 g/mol. The maximum Gasteiger partial charge on any atom is 0.410 e. The largest absolute Gasteiger partial charge is 0.444 e. The highest BCUT2D eigenvalue weighted by atomic mass is 35.5. The fraction of sp³-hybridized carbons (Fsp3) is 0.640. The van der Waals surface area contributed by atoms with E-state index in [2.05, 4.69) is 24.1 Å². The Balaban J connectivity index is 1.51. The van der Waals surface area contributed by atoms with Crippen molar-refractivity contribution in [3.8, 4) is 0 Å². The number of halogens is 1. The number of piperidine rings is 1. The molecule has 11 heteroatoms. The molecule has 0 bridgehead atoms.